The minimum Gasteiger partial charge on any atom is -0.507 e. The van der Waals surface area contributed by atoms with Crippen LogP contribution in [0.3, 0.4) is 0 Å². The Bertz CT molecular complexity index is 1600. The predicted octanol–water partition coefficient (Wildman–Crippen LogP) is 7.93. The minimum atomic E-state index is -2.95. The summed E-state index contributed by atoms with van der Waals surface area (Å²) in [5, 5.41) is 15.7. The van der Waals surface area contributed by atoms with Gasteiger partial charge in [-0.15, -0.1) is 0 Å². The van der Waals surface area contributed by atoms with Crippen molar-refractivity contribution in [3.63, 3.8) is 0 Å². The molecule has 1 aliphatic rings. The molecule has 1 amide bonds. The van der Waals surface area contributed by atoms with E-state index in [-0.39, 0.29) is 34.3 Å². The number of benzene rings is 3. The molecule has 0 saturated heterocycles. The van der Waals surface area contributed by atoms with E-state index in [1.807, 2.05) is 43.4 Å². The summed E-state index contributed by atoms with van der Waals surface area (Å²) in [7, 11) is -2.95. The number of aromatic hydroxyl groups is 1. The molecule has 1 heterocycles. The second-order valence-electron chi connectivity index (χ2n) is 13.6. The number of nitrogens with one attached hydrogen (secondary N) is 1. The molecule has 258 valence electrons. The molecule has 7 heteroatoms. The molecule has 0 aromatic heterocycles. The van der Waals surface area contributed by atoms with Gasteiger partial charge in [0, 0.05) is 25.1 Å². The van der Waals surface area contributed by atoms with Crippen LogP contribution in [-0.4, -0.2) is 37.5 Å². The zero-order valence-corrected chi connectivity index (χ0v) is 30.5. The van der Waals surface area contributed by atoms with Crippen LogP contribution in [-0.2, 0) is 20.4 Å². The lowest BCUT2D eigenvalue weighted by Crippen LogP contribution is -2.68. The number of phenolic OH excluding ortho intramolecular Hbond substituents is 1. The van der Waals surface area contributed by atoms with Gasteiger partial charge in [0.1, 0.15) is 17.4 Å². The number of hydrogen-bond acceptors (Lipinski definition) is 5. The molecule has 3 atom stereocenters. The molecule has 0 radical (unpaired) electrons. The van der Waals surface area contributed by atoms with E-state index in [9.17, 15) is 14.7 Å². The maximum Gasteiger partial charge on any atom is 0.342 e. The van der Waals surface area contributed by atoms with E-state index in [1.54, 1.807) is 18.3 Å². The Labute approximate surface area is 293 Å². The standard InChI is InChI=1S/C42H51NO5Si/c1-6-7-8-15-29-39(45)43-30-19-23-34-31-38(32(2)20-16-17-21-33-22-18-28-37(44)40(33)41(46)47-34)48-49(42(3,4)5,35-24-11-9-12-25-35)36-26-13-10-14-27-36/h7-19,22,24-30,32,34,38,44H,6,20-21,23,31H2,1-5H3,(H,43,45)/b8-7-,17-16+,29-15-,30-19+/t32-,34-,38+/m0/s1. The first kappa shape index (κ1) is 37.4. The van der Waals surface area contributed by atoms with Crippen LogP contribution in [0.25, 0.3) is 0 Å². The van der Waals surface area contributed by atoms with Gasteiger partial charge in [0.25, 0.3) is 8.32 Å². The highest BCUT2D eigenvalue weighted by Crippen LogP contribution is 2.40. The van der Waals surface area contributed by atoms with Gasteiger partial charge in [-0.1, -0.05) is 144 Å². The Kier molecular flexibility index (Phi) is 13.6. The second kappa shape index (κ2) is 17.8. The Morgan fingerprint density at radius 3 is 2.27 bits per heavy atom. The van der Waals surface area contributed by atoms with Gasteiger partial charge in [0.2, 0.25) is 5.91 Å². The summed E-state index contributed by atoms with van der Waals surface area (Å²) in [6, 6.07) is 26.2. The molecule has 0 aliphatic carbocycles. The third-order valence-corrected chi connectivity index (χ3v) is 14.0. The van der Waals surface area contributed by atoms with Crippen LogP contribution in [0.5, 0.6) is 5.75 Å². The van der Waals surface area contributed by atoms with Crippen molar-refractivity contribution in [1.82, 2.24) is 5.32 Å². The van der Waals surface area contributed by atoms with Crippen molar-refractivity contribution in [3.8, 4) is 5.75 Å². The molecular weight excluding hydrogens is 627 g/mol. The highest BCUT2D eigenvalue weighted by Gasteiger charge is 2.52. The van der Waals surface area contributed by atoms with Gasteiger partial charge in [0.15, 0.2) is 0 Å². The average Bonchev–Trinajstić information content (AvgIpc) is 3.08. The number of allylic oxidation sites excluding steroid dienone is 5. The van der Waals surface area contributed by atoms with Crippen LogP contribution in [0.4, 0.5) is 0 Å². The largest absolute Gasteiger partial charge is 0.507 e. The number of amides is 1. The summed E-state index contributed by atoms with van der Waals surface area (Å²) in [6.07, 6.45) is 16.6. The lowest BCUT2D eigenvalue weighted by Gasteiger charge is -2.46. The molecule has 6 nitrogen and oxygen atoms in total. The Morgan fingerprint density at radius 1 is 0.959 bits per heavy atom. The molecule has 3 aromatic rings. The fourth-order valence-corrected chi connectivity index (χ4v) is 11.2. The smallest absolute Gasteiger partial charge is 0.342 e. The summed E-state index contributed by atoms with van der Waals surface area (Å²) in [4.78, 5) is 26.1. The Balaban J connectivity index is 1.74. The molecule has 2 N–H and O–H groups in total. The third kappa shape index (κ3) is 9.80. The highest BCUT2D eigenvalue weighted by atomic mass is 28.4. The Hall–Kier alpha value is -4.46. The maximum absolute atomic E-state index is 13.8. The molecule has 0 fully saturated rings. The van der Waals surface area contributed by atoms with Gasteiger partial charge >= 0.3 is 5.97 Å². The van der Waals surface area contributed by atoms with E-state index in [0.29, 0.717) is 24.8 Å². The van der Waals surface area contributed by atoms with Gasteiger partial charge < -0.3 is 19.6 Å². The van der Waals surface area contributed by atoms with Crippen molar-refractivity contribution >= 4 is 30.6 Å². The van der Waals surface area contributed by atoms with Crippen molar-refractivity contribution in [3.05, 3.63) is 139 Å². The maximum atomic E-state index is 13.8. The van der Waals surface area contributed by atoms with E-state index in [0.717, 1.165) is 12.8 Å². The zero-order chi connectivity index (χ0) is 35.3. The van der Waals surface area contributed by atoms with Gasteiger partial charge in [-0.25, -0.2) is 4.79 Å². The molecular formula is C42H51NO5Si. The fraction of sp³-hybridized carbons (Fsp3) is 0.333. The first-order chi connectivity index (χ1) is 23.6. The molecule has 3 aromatic carbocycles. The normalized spacial score (nSPS) is 20.0. The number of rotatable bonds is 10. The number of carbonyl (C=O) groups is 2. The summed E-state index contributed by atoms with van der Waals surface area (Å²) < 4.78 is 13.9. The predicted molar refractivity (Wildman–Crippen MR) is 202 cm³/mol. The van der Waals surface area contributed by atoms with Crippen LogP contribution in [0.2, 0.25) is 5.04 Å². The number of cyclic esters (lactones) is 1. The molecule has 0 saturated carbocycles. The molecule has 4 rings (SSSR count). The first-order valence-electron chi connectivity index (χ1n) is 17.3. The summed E-state index contributed by atoms with van der Waals surface area (Å²) in [6.45, 7) is 11.0. The number of fused-ring (bicyclic) bond motifs is 1. The lowest BCUT2D eigenvalue weighted by molar-refractivity contribution is -0.115. The van der Waals surface area contributed by atoms with E-state index in [1.165, 1.54) is 22.5 Å². The summed E-state index contributed by atoms with van der Waals surface area (Å²) in [5.74, 6) is -0.842. The van der Waals surface area contributed by atoms with Crippen LogP contribution in [0.15, 0.2) is 128 Å². The van der Waals surface area contributed by atoms with E-state index in [4.69, 9.17) is 9.16 Å². The van der Waals surface area contributed by atoms with Crippen molar-refractivity contribution in [2.24, 2.45) is 5.92 Å². The van der Waals surface area contributed by atoms with E-state index in [2.05, 4.69) is 93.7 Å². The number of esters is 1. The quantitative estimate of drug-likeness (QED) is 0.0749. The number of ether oxygens (including phenoxy) is 1. The molecule has 1 aliphatic heterocycles. The topological polar surface area (TPSA) is 84.9 Å². The van der Waals surface area contributed by atoms with Crippen molar-refractivity contribution < 1.29 is 23.9 Å². The van der Waals surface area contributed by atoms with Crippen molar-refractivity contribution in [2.75, 3.05) is 0 Å². The van der Waals surface area contributed by atoms with Crippen LogP contribution >= 0.6 is 0 Å². The lowest BCUT2D eigenvalue weighted by atomic mass is 9.93. The van der Waals surface area contributed by atoms with Gasteiger partial charge in [0.05, 0.1) is 6.10 Å². The second-order valence-corrected chi connectivity index (χ2v) is 17.9. The zero-order valence-electron chi connectivity index (χ0n) is 29.5. The SMILES string of the molecule is CC/C=C\C=C/C(=O)N/C=C/C[C@H]1C[C@@H](O[Si](c2ccccc2)(c2ccccc2)C(C)(C)C)[C@@H](C)C/C=C/Cc2cccc(O)c2C(=O)O1. The summed E-state index contributed by atoms with van der Waals surface area (Å²) >= 11 is 0. The highest BCUT2D eigenvalue weighted by molar-refractivity contribution is 6.99. The average molecular weight is 678 g/mol. The van der Waals surface area contributed by atoms with Crippen LogP contribution in [0, 0.1) is 5.92 Å². The minimum absolute atomic E-state index is 0.0900. The number of hydrogen-bond donors (Lipinski definition) is 2. The van der Waals surface area contributed by atoms with Crippen molar-refractivity contribution in [2.45, 2.75) is 84.0 Å². The fourth-order valence-electron chi connectivity index (χ4n) is 6.41. The monoisotopic (exact) mass is 677 g/mol. The van der Waals surface area contributed by atoms with Crippen LogP contribution < -0.4 is 15.7 Å². The summed E-state index contributed by atoms with van der Waals surface area (Å²) in [5.41, 5.74) is 0.887. The first-order valence-corrected chi connectivity index (χ1v) is 19.2. The van der Waals surface area contributed by atoms with E-state index >= 15 is 0 Å². The van der Waals surface area contributed by atoms with Gasteiger partial charge in [-0.2, -0.15) is 0 Å². The molecule has 0 spiro atoms. The van der Waals surface area contributed by atoms with Crippen molar-refractivity contribution in [1.29, 1.82) is 0 Å². The molecule has 0 bridgehead atoms. The van der Waals surface area contributed by atoms with Crippen LogP contribution in [0.1, 0.15) is 76.2 Å². The van der Waals surface area contributed by atoms with E-state index < -0.39 is 20.4 Å². The Morgan fingerprint density at radius 2 is 1.63 bits per heavy atom. The van der Waals surface area contributed by atoms with Gasteiger partial charge in [-0.05, 0) is 52.2 Å². The number of phenols is 1. The van der Waals surface area contributed by atoms with Gasteiger partial charge in [-0.3, -0.25) is 4.79 Å². The number of carbonyl (C=O) groups excluding carboxylic acids is 2. The molecule has 0 unspecified atom stereocenters. The molecule has 49 heavy (non-hydrogen) atoms. The third-order valence-electron chi connectivity index (χ3n) is 8.97.